The van der Waals surface area contributed by atoms with Crippen molar-refractivity contribution in [1.82, 2.24) is 0 Å². The predicted octanol–water partition coefficient (Wildman–Crippen LogP) is 2.36. The largest absolute Gasteiger partial charge is 0.374 e. The van der Waals surface area contributed by atoms with Gasteiger partial charge in [0.15, 0.2) is 5.78 Å². The summed E-state index contributed by atoms with van der Waals surface area (Å²) in [6, 6.07) is 8.60. The van der Waals surface area contributed by atoms with Crippen LogP contribution in [0.4, 0.5) is 5.69 Å². The number of para-hydroxylation sites is 1. The van der Waals surface area contributed by atoms with Gasteiger partial charge in [-0.25, -0.2) is 0 Å². The zero-order valence-electron chi connectivity index (χ0n) is 13.4. The molecule has 4 heteroatoms. The highest BCUT2D eigenvalue weighted by Gasteiger charge is 2.53. The molecule has 2 fully saturated rings. The van der Waals surface area contributed by atoms with E-state index in [1.165, 1.54) is 24.2 Å². The molecule has 3 aliphatic rings. The number of anilines is 1. The Bertz CT molecular complexity index is 694. The number of likely N-dealkylation sites (N-methyl/N-ethyl adjacent to an activating group) is 1. The van der Waals surface area contributed by atoms with Crippen LogP contribution < -0.4 is 4.90 Å². The van der Waals surface area contributed by atoms with E-state index in [9.17, 15) is 14.4 Å². The lowest BCUT2D eigenvalue weighted by Gasteiger charge is -2.23. The molecule has 120 valence electrons. The number of hydrogen-bond acceptors (Lipinski definition) is 4. The molecule has 0 radical (unpaired) electrons. The van der Waals surface area contributed by atoms with Crippen molar-refractivity contribution in [3.63, 3.8) is 0 Å². The van der Waals surface area contributed by atoms with E-state index in [0.717, 1.165) is 0 Å². The fourth-order valence-corrected chi connectivity index (χ4v) is 3.85. The molecule has 0 amide bonds. The molecule has 0 saturated heterocycles. The van der Waals surface area contributed by atoms with Gasteiger partial charge >= 0.3 is 0 Å². The summed E-state index contributed by atoms with van der Waals surface area (Å²) in [6.45, 7) is 4.82. The minimum atomic E-state index is -1.03. The van der Waals surface area contributed by atoms with Crippen molar-refractivity contribution in [2.24, 2.45) is 11.3 Å². The van der Waals surface area contributed by atoms with Gasteiger partial charge in [-0.3, -0.25) is 9.59 Å². The van der Waals surface area contributed by atoms with Gasteiger partial charge in [0, 0.05) is 32.1 Å². The molecule has 23 heavy (non-hydrogen) atoms. The summed E-state index contributed by atoms with van der Waals surface area (Å²) >= 11 is 0. The SMILES string of the molecule is C=C1C(=O)C2(C=O)CC(=O)CC1C2.CN1CCc2ccccc21. The van der Waals surface area contributed by atoms with E-state index in [4.69, 9.17) is 0 Å². The molecule has 1 heterocycles. The summed E-state index contributed by atoms with van der Waals surface area (Å²) in [5.41, 5.74) is 2.34. The van der Waals surface area contributed by atoms with Gasteiger partial charge in [0.2, 0.25) is 0 Å². The van der Waals surface area contributed by atoms with E-state index in [1.54, 1.807) is 0 Å². The Morgan fingerprint density at radius 1 is 1.30 bits per heavy atom. The second kappa shape index (κ2) is 5.76. The molecule has 2 aliphatic carbocycles. The molecule has 4 nitrogen and oxygen atoms in total. The van der Waals surface area contributed by atoms with Gasteiger partial charge in [0.25, 0.3) is 0 Å². The molecule has 1 aliphatic heterocycles. The fraction of sp³-hybridized carbons (Fsp3) is 0.421. The average molecular weight is 311 g/mol. The van der Waals surface area contributed by atoms with Crippen LogP contribution in [0.25, 0.3) is 0 Å². The molecule has 1 aromatic carbocycles. The number of hydrogen-bond donors (Lipinski definition) is 0. The van der Waals surface area contributed by atoms with E-state index in [-0.39, 0.29) is 23.9 Å². The van der Waals surface area contributed by atoms with Crippen LogP contribution in [-0.4, -0.2) is 31.4 Å². The van der Waals surface area contributed by atoms with E-state index < -0.39 is 5.41 Å². The van der Waals surface area contributed by atoms with Gasteiger partial charge in [-0.05, 0) is 36.0 Å². The number of carbonyl (C=O) groups excluding carboxylic acids is 3. The Morgan fingerprint density at radius 2 is 2.04 bits per heavy atom. The first-order chi connectivity index (χ1) is 11.0. The minimum Gasteiger partial charge on any atom is -0.374 e. The van der Waals surface area contributed by atoms with Crippen molar-refractivity contribution in [3.8, 4) is 0 Å². The summed E-state index contributed by atoms with van der Waals surface area (Å²) in [7, 11) is 2.14. The average Bonchev–Trinajstić information content (AvgIpc) is 3.02. The molecule has 2 atom stereocenters. The molecule has 0 aromatic heterocycles. The van der Waals surface area contributed by atoms with Crippen molar-refractivity contribution in [2.45, 2.75) is 25.7 Å². The molecular weight excluding hydrogens is 290 g/mol. The molecule has 2 unspecified atom stereocenters. The quantitative estimate of drug-likeness (QED) is 0.454. The van der Waals surface area contributed by atoms with Crippen molar-refractivity contribution < 1.29 is 14.4 Å². The maximum atomic E-state index is 11.6. The van der Waals surface area contributed by atoms with Crippen LogP contribution in [0.1, 0.15) is 24.8 Å². The van der Waals surface area contributed by atoms with Gasteiger partial charge in [0.05, 0.1) is 5.41 Å². The molecule has 0 spiro atoms. The third-order valence-corrected chi connectivity index (χ3v) is 5.18. The normalized spacial score (nSPS) is 28.3. The van der Waals surface area contributed by atoms with Gasteiger partial charge < -0.3 is 9.69 Å². The molecule has 1 aromatic rings. The van der Waals surface area contributed by atoms with Crippen molar-refractivity contribution in [1.29, 1.82) is 0 Å². The minimum absolute atomic E-state index is 0.00958. The van der Waals surface area contributed by atoms with Crippen LogP contribution in [0.15, 0.2) is 36.4 Å². The van der Waals surface area contributed by atoms with E-state index in [2.05, 4.69) is 42.8 Å². The number of benzene rings is 1. The van der Waals surface area contributed by atoms with Crippen LogP contribution in [0.5, 0.6) is 0 Å². The summed E-state index contributed by atoms with van der Waals surface area (Å²) in [5, 5.41) is 0. The number of carbonyl (C=O) groups is 3. The Hall–Kier alpha value is -2.23. The maximum Gasteiger partial charge on any atom is 0.172 e. The van der Waals surface area contributed by atoms with Crippen LogP contribution in [0.2, 0.25) is 0 Å². The number of allylic oxidation sites excluding steroid dienone is 1. The van der Waals surface area contributed by atoms with Crippen LogP contribution in [-0.2, 0) is 20.8 Å². The van der Waals surface area contributed by atoms with E-state index in [0.29, 0.717) is 24.7 Å². The Kier molecular flexibility index (Phi) is 3.92. The van der Waals surface area contributed by atoms with Crippen molar-refractivity contribution >= 4 is 23.5 Å². The third kappa shape index (κ3) is 2.62. The third-order valence-electron chi connectivity index (χ3n) is 5.18. The number of nitrogens with zero attached hydrogens (tertiary/aromatic N) is 1. The number of ketones is 2. The van der Waals surface area contributed by atoms with Crippen molar-refractivity contribution in [3.05, 3.63) is 42.0 Å². The molecule has 4 rings (SSSR count). The fourth-order valence-electron chi connectivity index (χ4n) is 3.85. The van der Waals surface area contributed by atoms with Gasteiger partial charge in [-0.15, -0.1) is 0 Å². The van der Waals surface area contributed by atoms with Crippen LogP contribution in [0, 0.1) is 11.3 Å². The number of Topliss-reactive ketones (excluding diaryl/α,β-unsaturated/α-hetero) is 2. The highest BCUT2D eigenvalue weighted by atomic mass is 16.2. The van der Waals surface area contributed by atoms with Gasteiger partial charge in [-0.1, -0.05) is 24.8 Å². The highest BCUT2D eigenvalue weighted by Crippen LogP contribution is 2.48. The highest BCUT2D eigenvalue weighted by molar-refractivity contribution is 6.14. The topological polar surface area (TPSA) is 54.5 Å². The zero-order valence-corrected chi connectivity index (χ0v) is 13.4. The van der Waals surface area contributed by atoms with Crippen LogP contribution >= 0.6 is 0 Å². The molecule has 0 N–H and O–H groups in total. The van der Waals surface area contributed by atoms with E-state index in [1.807, 2.05) is 0 Å². The first-order valence-electron chi connectivity index (χ1n) is 7.97. The first-order valence-corrected chi connectivity index (χ1v) is 7.97. The maximum absolute atomic E-state index is 11.6. The second-order valence-electron chi connectivity index (χ2n) is 6.75. The molecule has 2 saturated carbocycles. The standard InChI is InChI=1S/C10H10O3.C9H11N/c1-6-7-2-8(12)4-10(3-7,5-11)9(6)13;1-10-7-6-8-4-2-3-5-9(8)10/h5,7H,1-4H2;2-5H,6-7H2,1H3. The lowest BCUT2D eigenvalue weighted by Crippen LogP contribution is -2.33. The summed E-state index contributed by atoms with van der Waals surface area (Å²) in [5.74, 6) is -0.271. The summed E-state index contributed by atoms with van der Waals surface area (Å²) in [4.78, 5) is 36.0. The summed E-state index contributed by atoms with van der Waals surface area (Å²) < 4.78 is 0. The molecular formula is C19H21NO3. The number of fused-ring (bicyclic) bond motifs is 3. The summed E-state index contributed by atoms with van der Waals surface area (Å²) in [6.07, 6.45) is 2.83. The lowest BCUT2D eigenvalue weighted by molar-refractivity contribution is -0.137. The second-order valence-corrected chi connectivity index (χ2v) is 6.75. The smallest absolute Gasteiger partial charge is 0.172 e. The number of rotatable bonds is 1. The Morgan fingerprint density at radius 3 is 2.74 bits per heavy atom. The van der Waals surface area contributed by atoms with Gasteiger partial charge in [-0.2, -0.15) is 0 Å². The Labute approximate surface area is 136 Å². The molecule has 2 bridgehead atoms. The lowest BCUT2D eigenvalue weighted by atomic mass is 9.76. The zero-order chi connectivity index (χ0) is 16.6. The number of aldehydes is 1. The predicted molar refractivity (Wildman–Crippen MR) is 88.4 cm³/mol. The Balaban J connectivity index is 0.000000140. The van der Waals surface area contributed by atoms with Crippen LogP contribution in [0.3, 0.4) is 0 Å². The monoisotopic (exact) mass is 311 g/mol. The van der Waals surface area contributed by atoms with Gasteiger partial charge in [0.1, 0.15) is 12.1 Å². The van der Waals surface area contributed by atoms with Crippen molar-refractivity contribution in [2.75, 3.05) is 18.5 Å². The first kappa shape index (κ1) is 15.7. The van der Waals surface area contributed by atoms with E-state index >= 15 is 0 Å².